The Bertz CT molecular complexity index is 854. The van der Waals surface area contributed by atoms with Crippen molar-refractivity contribution in [1.82, 2.24) is 9.21 Å². The van der Waals surface area contributed by atoms with Crippen LogP contribution in [0.25, 0.3) is 6.08 Å². The molecule has 1 aromatic heterocycles. The lowest BCUT2D eigenvalue weighted by atomic mass is 10.3. The highest BCUT2D eigenvalue weighted by molar-refractivity contribution is 7.89. The fraction of sp³-hybridized carbons (Fsp3) is 0.235. The maximum absolute atomic E-state index is 12.6. The number of rotatable bonds is 4. The van der Waals surface area contributed by atoms with Crippen LogP contribution in [0.3, 0.4) is 0 Å². The van der Waals surface area contributed by atoms with E-state index in [1.54, 1.807) is 34.4 Å². The molecule has 1 aliphatic heterocycles. The van der Waals surface area contributed by atoms with Gasteiger partial charge in [-0.25, -0.2) is 8.42 Å². The van der Waals surface area contributed by atoms with Crippen LogP contribution in [0.15, 0.2) is 52.1 Å². The highest BCUT2D eigenvalue weighted by Crippen LogP contribution is 2.20. The normalized spacial score (nSPS) is 16.4. The van der Waals surface area contributed by atoms with E-state index >= 15 is 0 Å². The van der Waals surface area contributed by atoms with Gasteiger partial charge < -0.3 is 4.90 Å². The van der Waals surface area contributed by atoms with Crippen LogP contribution in [0.2, 0.25) is 5.02 Å². The molecule has 2 aromatic rings. The summed E-state index contributed by atoms with van der Waals surface area (Å²) >= 11 is 7.38. The van der Waals surface area contributed by atoms with Gasteiger partial charge in [-0.05, 0) is 52.7 Å². The lowest BCUT2D eigenvalue weighted by molar-refractivity contribution is -0.127. The van der Waals surface area contributed by atoms with E-state index in [0.29, 0.717) is 18.1 Å². The van der Waals surface area contributed by atoms with E-state index in [1.165, 1.54) is 22.5 Å². The molecule has 3 rings (SSSR count). The Morgan fingerprint density at radius 1 is 1.08 bits per heavy atom. The number of thiophene rings is 1. The number of amides is 1. The molecule has 1 aliphatic rings. The van der Waals surface area contributed by atoms with Crippen LogP contribution in [0.4, 0.5) is 0 Å². The Morgan fingerprint density at radius 2 is 1.76 bits per heavy atom. The summed E-state index contributed by atoms with van der Waals surface area (Å²) < 4.78 is 26.7. The summed E-state index contributed by atoms with van der Waals surface area (Å²) in [7, 11) is -3.56. The molecule has 0 unspecified atom stereocenters. The van der Waals surface area contributed by atoms with Crippen molar-refractivity contribution >= 4 is 44.9 Å². The summed E-state index contributed by atoms with van der Waals surface area (Å²) in [5.74, 6) is -0.102. The van der Waals surface area contributed by atoms with Crippen molar-refractivity contribution in [3.05, 3.63) is 57.8 Å². The second-order valence-corrected chi connectivity index (χ2v) is 8.73. The van der Waals surface area contributed by atoms with Crippen LogP contribution in [0.5, 0.6) is 0 Å². The van der Waals surface area contributed by atoms with Gasteiger partial charge in [-0.1, -0.05) is 11.6 Å². The summed E-state index contributed by atoms with van der Waals surface area (Å²) in [4.78, 5) is 14.1. The lowest BCUT2D eigenvalue weighted by Gasteiger charge is -2.33. The fourth-order valence-corrected chi connectivity index (χ4v) is 4.72. The maximum Gasteiger partial charge on any atom is 0.246 e. The molecule has 8 heteroatoms. The molecule has 132 valence electrons. The Balaban J connectivity index is 1.61. The Morgan fingerprint density at radius 3 is 2.36 bits per heavy atom. The Labute approximate surface area is 156 Å². The van der Waals surface area contributed by atoms with Gasteiger partial charge in [0, 0.05) is 37.3 Å². The average Bonchev–Trinajstić information content (AvgIpc) is 3.14. The third-order valence-corrected chi connectivity index (χ3v) is 6.83. The zero-order valence-electron chi connectivity index (χ0n) is 13.3. The van der Waals surface area contributed by atoms with E-state index in [-0.39, 0.29) is 23.9 Å². The first-order chi connectivity index (χ1) is 12.0. The molecule has 0 aliphatic carbocycles. The van der Waals surface area contributed by atoms with Gasteiger partial charge in [0.25, 0.3) is 0 Å². The number of hydrogen-bond acceptors (Lipinski definition) is 4. The number of benzene rings is 1. The second kappa shape index (κ2) is 7.70. The molecule has 1 aromatic carbocycles. The summed E-state index contributed by atoms with van der Waals surface area (Å²) in [5, 5.41) is 4.40. The van der Waals surface area contributed by atoms with Gasteiger partial charge in [0.15, 0.2) is 0 Å². The number of halogens is 1. The quantitative estimate of drug-likeness (QED) is 0.746. The summed E-state index contributed by atoms with van der Waals surface area (Å²) in [5.41, 5.74) is 0.988. The Kier molecular flexibility index (Phi) is 5.58. The molecule has 0 N–H and O–H groups in total. The van der Waals surface area contributed by atoms with Gasteiger partial charge in [-0.3, -0.25) is 4.79 Å². The summed E-state index contributed by atoms with van der Waals surface area (Å²) in [6, 6.07) is 8.05. The van der Waals surface area contributed by atoms with Gasteiger partial charge in [-0.15, -0.1) is 0 Å². The standard InChI is InChI=1S/C17H17ClN2O3S2/c18-15-2-4-16(5-3-15)25(22,23)20-10-8-19(9-11-20)17(21)6-1-14-7-12-24-13-14/h1-7,12-13H,8-11H2/b6-1+. The van der Waals surface area contributed by atoms with Crippen LogP contribution in [0, 0.1) is 0 Å². The predicted octanol–water partition coefficient (Wildman–Crippen LogP) is 2.95. The third kappa shape index (κ3) is 4.30. The number of nitrogens with zero attached hydrogens (tertiary/aromatic N) is 2. The van der Waals surface area contributed by atoms with Crippen molar-refractivity contribution in [2.24, 2.45) is 0 Å². The van der Waals surface area contributed by atoms with Gasteiger partial charge >= 0.3 is 0 Å². The van der Waals surface area contributed by atoms with Crippen molar-refractivity contribution in [3.8, 4) is 0 Å². The number of piperazine rings is 1. The molecule has 0 saturated carbocycles. The molecule has 0 spiro atoms. The molecule has 0 radical (unpaired) electrons. The van der Waals surface area contributed by atoms with Gasteiger partial charge in [0.2, 0.25) is 15.9 Å². The van der Waals surface area contributed by atoms with E-state index < -0.39 is 10.0 Å². The van der Waals surface area contributed by atoms with E-state index in [9.17, 15) is 13.2 Å². The molecule has 0 bridgehead atoms. The topological polar surface area (TPSA) is 57.7 Å². The molecule has 25 heavy (non-hydrogen) atoms. The predicted molar refractivity (Wildman–Crippen MR) is 100 cm³/mol. The first kappa shape index (κ1) is 18.1. The maximum atomic E-state index is 12.6. The first-order valence-corrected chi connectivity index (χ1v) is 10.5. The minimum absolute atomic E-state index is 0.102. The van der Waals surface area contributed by atoms with Crippen LogP contribution in [0.1, 0.15) is 5.56 Å². The van der Waals surface area contributed by atoms with Crippen LogP contribution < -0.4 is 0 Å². The second-order valence-electron chi connectivity index (χ2n) is 5.57. The SMILES string of the molecule is O=C(/C=C/c1ccsc1)N1CCN(S(=O)(=O)c2ccc(Cl)cc2)CC1. The molecule has 2 heterocycles. The van der Waals surface area contributed by atoms with Crippen molar-refractivity contribution in [2.45, 2.75) is 4.90 Å². The van der Waals surface area contributed by atoms with E-state index in [0.717, 1.165) is 5.56 Å². The molecular formula is C17H17ClN2O3S2. The van der Waals surface area contributed by atoms with Gasteiger partial charge in [-0.2, -0.15) is 15.6 Å². The average molecular weight is 397 g/mol. The Hall–Kier alpha value is -1.67. The highest BCUT2D eigenvalue weighted by Gasteiger charge is 2.29. The summed E-state index contributed by atoms with van der Waals surface area (Å²) in [6.45, 7) is 1.31. The molecule has 1 amide bonds. The number of carbonyl (C=O) groups is 1. The highest BCUT2D eigenvalue weighted by atomic mass is 35.5. The monoisotopic (exact) mass is 396 g/mol. The minimum Gasteiger partial charge on any atom is -0.337 e. The van der Waals surface area contributed by atoms with Crippen LogP contribution in [-0.2, 0) is 14.8 Å². The number of hydrogen-bond donors (Lipinski definition) is 0. The first-order valence-electron chi connectivity index (χ1n) is 7.72. The largest absolute Gasteiger partial charge is 0.337 e. The van der Waals surface area contributed by atoms with E-state index in [2.05, 4.69) is 0 Å². The lowest BCUT2D eigenvalue weighted by Crippen LogP contribution is -2.50. The summed E-state index contributed by atoms with van der Waals surface area (Å²) in [6.07, 6.45) is 3.31. The smallest absolute Gasteiger partial charge is 0.246 e. The molecule has 0 atom stereocenters. The van der Waals surface area contributed by atoms with Crippen LogP contribution >= 0.6 is 22.9 Å². The van der Waals surface area contributed by atoms with Crippen LogP contribution in [-0.4, -0.2) is 49.7 Å². The number of sulfonamides is 1. The van der Waals surface area contributed by atoms with E-state index in [4.69, 9.17) is 11.6 Å². The molecule has 1 saturated heterocycles. The molecule has 1 fully saturated rings. The van der Waals surface area contributed by atoms with Gasteiger partial charge in [0.1, 0.15) is 0 Å². The van der Waals surface area contributed by atoms with Crippen molar-refractivity contribution in [1.29, 1.82) is 0 Å². The fourth-order valence-electron chi connectivity index (χ4n) is 2.55. The third-order valence-electron chi connectivity index (χ3n) is 3.96. The molecule has 5 nitrogen and oxygen atoms in total. The van der Waals surface area contributed by atoms with E-state index in [1.807, 2.05) is 16.8 Å². The minimum atomic E-state index is -3.56. The zero-order chi connectivity index (χ0) is 17.9. The van der Waals surface area contributed by atoms with Crippen molar-refractivity contribution in [3.63, 3.8) is 0 Å². The molecular weight excluding hydrogens is 380 g/mol. The van der Waals surface area contributed by atoms with Gasteiger partial charge in [0.05, 0.1) is 4.90 Å². The van der Waals surface area contributed by atoms with Crippen molar-refractivity contribution < 1.29 is 13.2 Å². The zero-order valence-corrected chi connectivity index (χ0v) is 15.7. The van der Waals surface area contributed by atoms with Crippen molar-refractivity contribution in [2.75, 3.05) is 26.2 Å². The number of carbonyl (C=O) groups excluding carboxylic acids is 1.